The maximum absolute atomic E-state index is 14.1. The summed E-state index contributed by atoms with van der Waals surface area (Å²) in [6.45, 7) is 6.23. The summed E-state index contributed by atoms with van der Waals surface area (Å²) in [5, 5.41) is 12.0. The third-order valence-electron chi connectivity index (χ3n) is 7.20. The van der Waals surface area contributed by atoms with Crippen LogP contribution >= 0.6 is 11.3 Å². The van der Waals surface area contributed by atoms with Crippen LogP contribution in [0.1, 0.15) is 34.5 Å². The normalized spacial score (nSPS) is 21.0. The van der Waals surface area contributed by atoms with Gasteiger partial charge in [-0.25, -0.2) is 23.2 Å². The molecule has 5 rings (SSSR count). The lowest BCUT2D eigenvalue weighted by atomic mass is 9.94. The molecule has 3 atom stereocenters. The Labute approximate surface area is 230 Å². The minimum absolute atomic E-state index is 0.0438. The van der Waals surface area contributed by atoms with Crippen LogP contribution in [-0.4, -0.2) is 65.1 Å². The third kappa shape index (κ3) is 5.95. The number of methoxy groups -OCH3 is 1. The van der Waals surface area contributed by atoms with Crippen molar-refractivity contribution in [3.63, 3.8) is 0 Å². The van der Waals surface area contributed by atoms with Gasteiger partial charge in [0.05, 0.1) is 28.6 Å². The number of halogens is 2. The zero-order valence-electron chi connectivity index (χ0n) is 22.2. The van der Waals surface area contributed by atoms with Crippen LogP contribution in [0.15, 0.2) is 48.7 Å². The van der Waals surface area contributed by atoms with E-state index in [4.69, 9.17) is 9.84 Å². The third-order valence-corrected chi connectivity index (χ3v) is 8.12. The number of aromatic nitrogens is 3. The van der Waals surface area contributed by atoms with Gasteiger partial charge in [0.2, 0.25) is 0 Å². The van der Waals surface area contributed by atoms with Crippen molar-refractivity contribution >= 4 is 23.2 Å². The summed E-state index contributed by atoms with van der Waals surface area (Å²) in [5.41, 5.74) is 2.27. The zero-order valence-corrected chi connectivity index (χ0v) is 23.0. The summed E-state index contributed by atoms with van der Waals surface area (Å²) < 4.78 is 34.8. The molecule has 39 heavy (non-hydrogen) atoms. The maximum Gasteiger partial charge on any atom is 0.320 e. The Morgan fingerprint density at radius 1 is 1.21 bits per heavy atom. The predicted molar refractivity (Wildman–Crippen MR) is 148 cm³/mol. The molecule has 3 aromatic rings. The molecule has 2 N–H and O–H groups in total. The summed E-state index contributed by atoms with van der Waals surface area (Å²) in [5.74, 6) is -1.39. The standard InChI is InChI=1S/C28H32F2N6O2S/c1-17-26(25-14-31-18(2)39-25)34-36(20-7-5-4-6-8-20)27(17)33-28(37)32-24-16-35(11-12-38-3)15-21(24)19-9-10-22(29)23(30)13-19/h4-7,9-10,13-14,20-21,24H,8,11-12,15-16H2,1-3H3,(H2,32,33,37)/t20?,21-,24+/m0/s1. The van der Waals surface area contributed by atoms with Crippen LogP contribution in [0.3, 0.4) is 0 Å². The maximum atomic E-state index is 14.1. The number of likely N-dealkylation sites (tertiary alicyclic amines) is 1. The number of thiazole rings is 1. The van der Waals surface area contributed by atoms with E-state index in [9.17, 15) is 13.6 Å². The fraction of sp³-hybridized carbons (Fsp3) is 0.393. The average molecular weight is 555 g/mol. The first-order valence-corrected chi connectivity index (χ1v) is 13.7. The Morgan fingerprint density at radius 2 is 2.05 bits per heavy atom. The van der Waals surface area contributed by atoms with Crippen LogP contribution in [0.2, 0.25) is 0 Å². The molecule has 2 aliphatic rings. The minimum Gasteiger partial charge on any atom is -0.383 e. The number of anilines is 1. The van der Waals surface area contributed by atoms with Gasteiger partial charge in [0.1, 0.15) is 11.5 Å². The number of rotatable bonds is 8. The molecule has 1 aliphatic carbocycles. The van der Waals surface area contributed by atoms with Crippen LogP contribution in [0.4, 0.5) is 19.4 Å². The molecule has 1 aliphatic heterocycles. The van der Waals surface area contributed by atoms with E-state index in [0.717, 1.165) is 33.6 Å². The quantitative estimate of drug-likeness (QED) is 0.400. The molecule has 206 valence electrons. The van der Waals surface area contributed by atoms with Crippen LogP contribution < -0.4 is 10.6 Å². The fourth-order valence-corrected chi connectivity index (χ4v) is 6.01. The van der Waals surface area contributed by atoms with Gasteiger partial charge >= 0.3 is 6.03 Å². The molecule has 0 radical (unpaired) electrons. The van der Waals surface area contributed by atoms with Crippen molar-refractivity contribution in [1.82, 2.24) is 25.0 Å². The Kier molecular flexibility index (Phi) is 8.20. The summed E-state index contributed by atoms with van der Waals surface area (Å²) in [6, 6.07) is 3.20. The molecule has 2 aromatic heterocycles. The number of hydrogen-bond donors (Lipinski definition) is 2. The average Bonchev–Trinajstić information content (AvgIpc) is 3.62. The Balaban J connectivity index is 1.40. The van der Waals surface area contributed by atoms with Crippen LogP contribution in [0, 0.1) is 25.5 Å². The Morgan fingerprint density at radius 3 is 2.74 bits per heavy atom. The smallest absolute Gasteiger partial charge is 0.320 e. The van der Waals surface area contributed by atoms with Crippen molar-refractivity contribution in [2.75, 3.05) is 38.7 Å². The second-order valence-electron chi connectivity index (χ2n) is 9.86. The van der Waals surface area contributed by atoms with Gasteiger partial charge in [-0.15, -0.1) is 11.3 Å². The molecular formula is C28H32F2N6O2S. The predicted octanol–water partition coefficient (Wildman–Crippen LogP) is 5.19. The van der Waals surface area contributed by atoms with Crippen molar-refractivity contribution in [3.05, 3.63) is 76.5 Å². The first-order chi connectivity index (χ1) is 18.8. The van der Waals surface area contributed by atoms with Gasteiger partial charge in [0.25, 0.3) is 0 Å². The van der Waals surface area contributed by atoms with Crippen LogP contribution in [0.5, 0.6) is 0 Å². The van der Waals surface area contributed by atoms with E-state index in [1.165, 1.54) is 6.07 Å². The number of carbonyl (C=O) groups is 1. The SMILES string of the molecule is COCCN1C[C@@H](NC(=O)Nc2c(C)c(-c3cnc(C)s3)nn2C2C=CC=CC2)[C@H](c2ccc(F)c(F)c2)C1. The molecule has 1 aromatic carbocycles. The molecule has 0 bridgehead atoms. The van der Waals surface area contributed by atoms with E-state index in [-0.39, 0.29) is 24.0 Å². The molecule has 2 amide bonds. The summed E-state index contributed by atoms with van der Waals surface area (Å²) >= 11 is 1.56. The number of amides is 2. The summed E-state index contributed by atoms with van der Waals surface area (Å²) in [7, 11) is 1.64. The molecule has 1 unspecified atom stereocenters. The van der Waals surface area contributed by atoms with Crippen LogP contribution in [-0.2, 0) is 4.74 Å². The molecule has 0 saturated carbocycles. The van der Waals surface area contributed by atoms with E-state index < -0.39 is 11.6 Å². The van der Waals surface area contributed by atoms with Crippen molar-refractivity contribution in [2.24, 2.45) is 0 Å². The van der Waals surface area contributed by atoms with Crippen molar-refractivity contribution < 1.29 is 18.3 Å². The summed E-state index contributed by atoms with van der Waals surface area (Å²) in [4.78, 5) is 20.9. The minimum atomic E-state index is -0.897. The van der Waals surface area contributed by atoms with Crippen LogP contribution in [0.25, 0.3) is 10.6 Å². The summed E-state index contributed by atoms with van der Waals surface area (Å²) in [6.07, 6.45) is 10.7. The van der Waals surface area contributed by atoms with Gasteiger partial charge in [0.15, 0.2) is 11.6 Å². The van der Waals surface area contributed by atoms with Gasteiger partial charge in [-0.1, -0.05) is 30.4 Å². The van der Waals surface area contributed by atoms with E-state index in [0.29, 0.717) is 37.6 Å². The number of hydrogen-bond acceptors (Lipinski definition) is 6. The first-order valence-electron chi connectivity index (χ1n) is 12.9. The van der Waals surface area contributed by atoms with Gasteiger partial charge < -0.3 is 10.1 Å². The molecule has 8 nitrogen and oxygen atoms in total. The Hall–Kier alpha value is -3.41. The number of carbonyl (C=O) groups excluding carboxylic acids is 1. The lowest BCUT2D eigenvalue weighted by Crippen LogP contribution is -2.42. The van der Waals surface area contributed by atoms with E-state index >= 15 is 0 Å². The fourth-order valence-electron chi connectivity index (χ4n) is 5.19. The number of allylic oxidation sites excluding steroid dienone is 4. The number of ether oxygens (including phenoxy) is 1. The molecule has 1 saturated heterocycles. The second-order valence-corrected chi connectivity index (χ2v) is 11.1. The first kappa shape index (κ1) is 27.2. The largest absolute Gasteiger partial charge is 0.383 e. The zero-order chi connectivity index (χ0) is 27.5. The van der Waals surface area contributed by atoms with Crippen molar-refractivity contribution in [2.45, 2.75) is 38.3 Å². The highest BCUT2D eigenvalue weighted by Crippen LogP contribution is 2.35. The number of nitrogens with one attached hydrogen (secondary N) is 2. The lowest BCUT2D eigenvalue weighted by Gasteiger charge is -2.22. The monoisotopic (exact) mass is 554 g/mol. The number of benzene rings is 1. The number of urea groups is 1. The topological polar surface area (TPSA) is 84.3 Å². The van der Waals surface area contributed by atoms with Gasteiger partial charge in [0, 0.05) is 44.4 Å². The number of nitrogens with zero attached hydrogens (tertiary/aromatic N) is 4. The highest BCUT2D eigenvalue weighted by Gasteiger charge is 2.35. The molecule has 3 heterocycles. The van der Waals surface area contributed by atoms with Gasteiger partial charge in [-0.3, -0.25) is 10.2 Å². The highest BCUT2D eigenvalue weighted by molar-refractivity contribution is 7.15. The molecule has 0 spiro atoms. The molecule has 1 fully saturated rings. The van der Waals surface area contributed by atoms with Crippen molar-refractivity contribution in [1.29, 1.82) is 0 Å². The number of aryl methyl sites for hydroxylation is 1. The molecule has 11 heteroatoms. The van der Waals surface area contributed by atoms with Crippen molar-refractivity contribution in [3.8, 4) is 10.6 Å². The molecular weight excluding hydrogens is 522 g/mol. The highest BCUT2D eigenvalue weighted by atomic mass is 32.1. The van der Waals surface area contributed by atoms with E-state index in [1.807, 2.05) is 30.7 Å². The lowest BCUT2D eigenvalue weighted by molar-refractivity contribution is 0.159. The second kappa shape index (κ2) is 11.8. The van der Waals surface area contributed by atoms with Gasteiger partial charge in [-0.05, 0) is 38.0 Å². The Bertz CT molecular complexity index is 1400. The van der Waals surface area contributed by atoms with E-state index in [2.05, 4.69) is 32.7 Å². The van der Waals surface area contributed by atoms with E-state index in [1.54, 1.807) is 30.7 Å². The van der Waals surface area contributed by atoms with Gasteiger partial charge in [-0.2, -0.15) is 5.10 Å².